The largest absolute Gasteiger partial charge is 0.508 e. The molecule has 0 atom stereocenters. The summed E-state index contributed by atoms with van der Waals surface area (Å²) < 4.78 is 0. The summed E-state index contributed by atoms with van der Waals surface area (Å²) in [5, 5.41) is 33.3. The standard InChI is InChI=1S/C17H12O3/c18-10-4-5-11-9(6-10)7-16(20)17-13-3-1-2-12(13)15(19)8-14(11)17/h1-2,4-8,18-20H,3H2. The Morgan fingerprint density at radius 1 is 0.850 bits per heavy atom. The molecule has 0 saturated heterocycles. The van der Waals surface area contributed by atoms with Crippen molar-refractivity contribution in [1.29, 1.82) is 0 Å². The van der Waals surface area contributed by atoms with E-state index in [0.29, 0.717) is 6.42 Å². The Labute approximate surface area is 115 Å². The number of allylic oxidation sites excluding steroid dienone is 1. The normalized spacial score (nSPS) is 13.2. The fourth-order valence-electron chi connectivity index (χ4n) is 3.07. The molecule has 0 aliphatic heterocycles. The number of aromatic hydroxyl groups is 3. The second kappa shape index (κ2) is 3.67. The smallest absolute Gasteiger partial charge is 0.124 e. The topological polar surface area (TPSA) is 60.7 Å². The van der Waals surface area contributed by atoms with E-state index in [4.69, 9.17) is 0 Å². The lowest BCUT2D eigenvalue weighted by atomic mass is 9.94. The molecule has 0 radical (unpaired) electrons. The van der Waals surface area contributed by atoms with Gasteiger partial charge in [-0.05, 0) is 52.4 Å². The highest BCUT2D eigenvalue weighted by Crippen LogP contribution is 2.42. The molecule has 3 N–H and O–H groups in total. The molecular formula is C17H12O3. The highest BCUT2D eigenvalue weighted by molar-refractivity contribution is 6.13. The molecule has 4 rings (SSSR count). The summed E-state index contributed by atoms with van der Waals surface area (Å²) in [6.07, 6.45) is 4.56. The van der Waals surface area contributed by atoms with Crippen LogP contribution in [0.1, 0.15) is 11.1 Å². The van der Waals surface area contributed by atoms with Crippen LogP contribution in [0, 0.1) is 0 Å². The van der Waals surface area contributed by atoms with E-state index in [1.165, 1.54) is 0 Å². The maximum atomic E-state index is 10.3. The van der Waals surface area contributed by atoms with Crippen molar-refractivity contribution in [1.82, 2.24) is 0 Å². The molecular weight excluding hydrogens is 252 g/mol. The van der Waals surface area contributed by atoms with E-state index in [-0.39, 0.29) is 17.2 Å². The first kappa shape index (κ1) is 11.2. The third-order valence-corrected chi connectivity index (χ3v) is 3.93. The molecule has 3 aromatic carbocycles. The van der Waals surface area contributed by atoms with Crippen LogP contribution >= 0.6 is 0 Å². The molecule has 0 saturated carbocycles. The van der Waals surface area contributed by atoms with Gasteiger partial charge in [-0.1, -0.05) is 18.2 Å². The summed E-state index contributed by atoms with van der Waals surface area (Å²) in [6.45, 7) is 0. The van der Waals surface area contributed by atoms with Crippen molar-refractivity contribution < 1.29 is 15.3 Å². The number of hydrogen-bond acceptors (Lipinski definition) is 3. The lowest BCUT2D eigenvalue weighted by Gasteiger charge is -2.12. The Morgan fingerprint density at radius 3 is 2.55 bits per heavy atom. The maximum absolute atomic E-state index is 10.3. The SMILES string of the molecule is Oc1ccc2c(c1)cc(O)c1c3c(c(O)cc12)C=CC3. The molecule has 0 amide bonds. The van der Waals surface area contributed by atoms with E-state index in [9.17, 15) is 15.3 Å². The van der Waals surface area contributed by atoms with Crippen LogP contribution in [0.2, 0.25) is 0 Å². The minimum atomic E-state index is 0.156. The van der Waals surface area contributed by atoms with Crippen molar-refractivity contribution in [2.45, 2.75) is 6.42 Å². The van der Waals surface area contributed by atoms with Gasteiger partial charge >= 0.3 is 0 Å². The van der Waals surface area contributed by atoms with E-state index in [0.717, 1.165) is 32.7 Å². The van der Waals surface area contributed by atoms with Crippen molar-refractivity contribution in [3.8, 4) is 17.2 Å². The van der Waals surface area contributed by atoms with Crippen LogP contribution in [0.25, 0.3) is 27.6 Å². The summed E-state index contributed by atoms with van der Waals surface area (Å²) in [4.78, 5) is 0. The maximum Gasteiger partial charge on any atom is 0.124 e. The van der Waals surface area contributed by atoms with Crippen LogP contribution in [0.5, 0.6) is 17.2 Å². The molecule has 1 aliphatic carbocycles. The van der Waals surface area contributed by atoms with Gasteiger partial charge < -0.3 is 15.3 Å². The zero-order chi connectivity index (χ0) is 13.9. The van der Waals surface area contributed by atoms with Crippen molar-refractivity contribution in [2.75, 3.05) is 0 Å². The van der Waals surface area contributed by atoms with E-state index in [1.807, 2.05) is 12.2 Å². The number of phenolic OH excluding ortho intramolecular Hbond substituents is 3. The minimum absolute atomic E-state index is 0.156. The predicted octanol–water partition coefficient (Wildman–Crippen LogP) is 3.68. The summed E-state index contributed by atoms with van der Waals surface area (Å²) >= 11 is 0. The Kier molecular flexibility index (Phi) is 2.05. The average Bonchev–Trinajstić information content (AvgIpc) is 2.87. The second-order valence-electron chi connectivity index (χ2n) is 5.12. The summed E-state index contributed by atoms with van der Waals surface area (Å²) in [5.74, 6) is 0.558. The van der Waals surface area contributed by atoms with E-state index in [2.05, 4.69) is 0 Å². The minimum Gasteiger partial charge on any atom is -0.508 e. The molecule has 3 heteroatoms. The third-order valence-electron chi connectivity index (χ3n) is 3.93. The van der Waals surface area contributed by atoms with Gasteiger partial charge in [0.25, 0.3) is 0 Å². The molecule has 1 aliphatic rings. The van der Waals surface area contributed by atoms with Crippen LogP contribution < -0.4 is 0 Å². The third kappa shape index (κ3) is 1.35. The molecule has 98 valence electrons. The quantitative estimate of drug-likeness (QED) is 0.543. The first-order valence-electron chi connectivity index (χ1n) is 6.45. The first-order chi connectivity index (χ1) is 9.65. The fourth-order valence-corrected chi connectivity index (χ4v) is 3.07. The fraction of sp³-hybridized carbons (Fsp3) is 0.0588. The molecule has 20 heavy (non-hydrogen) atoms. The van der Waals surface area contributed by atoms with Crippen molar-refractivity contribution in [3.63, 3.8) is 0 Å². The molecule has 0 spiro atoms. The zero-order valence-corrected chi connectivity index (χ0v) is 10.6. The zero-order valence-electron chi connectivity index (χ0n) is 10.6. The molecule has 0 unspecified atom stereocenters. The average molecular weight is 264 g/mol. The highest BCUT2D eigenvalue weighted by Gasteiger charge is 2.18. The van der Waals surface area contributed by atoms with Gasteiger partial charge in [0.2, 0.25) is 0 Å². The Morgan fingerprint density at radius 2 is 1.70 bits per heavy atom. The first-order valence-corrected chi connectivity index (χ1v) is 6.45. The number of hydrogen-bond donors (Lipinski definition) is 3. The molecule has 0 heterocycles. The molecule has 3 nitrogen and oxygen atoms in total. The number of benzene rings is 3. The molecule has 0 aromatic heterocycles. The van der Waals surface area contributed by atoms with Crippen LogP contribution in [0.3, 0.4) is 0 Å². The molecule has 0 fully saturated rings. The lowest BCUT2D eigenvalue weighted by Crippen LogP contribution is -1.89. The molecule has 0 bridgehead atoms. The van der Waals surface area contributed by atoms with Crippen molar-refractivity contribution >= 4 is 27.6 Å². The number of fused-ring (bicyclic) bond motifs is 5. The van der Waals surface area contributed by atoms with Gasteiger partial charge in [0.15, 0.2) is 0 Å². The number of phenols is 3. The van der Waals surface area contributed by atoms with E-state index >= 15 is 0 Å². The van der Waals surface area contributed by atoms with Crippen LogP contribution in [0.15, 0.2) is 36.4 Å². The Bertz CT molecular complexity index is 907. The van der Waals surface area contributed by atoms with Crippen molar-refractivity contribution in [3.05, 3.63) is 47.5 Å². The predicted molar refractivity (Wildman–Crippen MR) is 79.2 cm³/mol. The summed E-state index contributed by atoms with van der Waals surface area (Å²) in [6, 6.07) is 8.37. The monoisotopic (exact) mass is 264 g/mol. The lowest BCUT2D eigenvalue weighted by molar-refractivity contribution is 0.473. The van der Waals surface area contributed by atoms with Gasteiger partial charge in [-0.25, -0.2) is 0 Å². The van der Waals surface area contributed by atoms with E-state index < -0.39 is 0 Å². The van der Waals surface area contributed by atoms with Gasteiger partial charge in [-0.15, -0.1) is 0 Å². The van der Waals surface area contributed by atoms with Gasteiger partial charge in [0.1, 0.15) is 17.2 Å². The molecule has 3 aromatic rings. The summed E-state index contributed by atoms with van der Waals surface area (Å²) in [7, 11) is 0. The van der Waals surface area contributed by atoms with Gasteiger partial charge in [-0.3, -0.25) is 0 Å². The highest BCUT2D eigenvalue weighted by atomic mass is 16.3. The number of rotatable bonds is 0. The Hall–Kier alpha value is -2.68. The Balaban J connectivity index is 2.26. The van der Waals surface area contributed by atoms with E-state index in [1.54, 1.807) is 30.3 Å². The van der Waals surface area contributed by atoms with Crippen LogP contribution in [-0.2, 0) is 6.42 Å². The summed E-state index contributed by atoms with van der Waals surface area (Å²) in [5.41, 5.74) is 1.73. The van der Waals surface area contributed by atoms with Gasteiger partial charge in [0.05, 0.1) is 0 Å². The van der Waals surface area contributed by atoms with Crippen LogP contribution in [-0.4, -0.2) is 15.3 Å². The van der Waals surface area contributed by atoms with Gasteiger partial charge in [-0.2, -0.15) is 0 Å². The second-order valence-corrected chi connectivity index (χ2v) is 5.12. The van der Waals surface area contributed by atoms with Crippen LogP contribution in [0.4, 0.5) is 0 Å². The van der Waals surface area contributed by atoms with Crippen molar-refractivity contribution in [2.24, 2.45) is 0 Å². The van der Waals surface area contributed by atoms with Gasteiger partial charge in [0, 0.05) is 10.9 Å².